The van der Waals surface area contributed by atoms with Gasteiger partial charge in [0.25, 0.3) is 0 Å². The van der Waals surface area contributed by atoms with Gasteiger partial charge in [0, 0.05) is 32.2 Å². The molecule has 1 aromatic rings. The summed E-state index contributed by atoms with van der Waals surface area (Å²) in [7, 11) is 0. The summed E-state index contributed by atoms with van der Waals surface area (Å²) in [5.41, 5.74) is 1.33. The van der Waals surface area contributed by atoms with Gasteiger partial charge in [-0.15, -0.1) is 24.8 Å². The number of benzene rings is 1. The molecule has 2 fully saturated rings. The van der Waals surface area contributed by atoms with Crippen LogP contribution < -0.4 is 10.1 Å². The summed E-state index contributed by atoms with van der Waals surface area (Å²) < 4.78 is 5.96. The standard InChI is InChI=1S/C19H30N2O.2ClH/c1-19(2,3)22-17-9-7-16(8-10-17)18(15-5-4-6-15)21-13-11-20-12-14-21;;/h7-10,15,18,20H,4-6,11-14H2,1-3H3;2*1H/t18-;;/m1../s1. The van der Waals surface area contributed by atoms with Crippen LogP contribution in [-0.2, 0) is 0 Å². The molecule has 1 aliphatic heterocycles. The summed E-state index contributed by atoms with van der Waals surface area (Å²) in [4.78, 5) is 2.68. The molecule has 0 radical (unpaired) electrons. The second kappa shape index (κ2) is 9.28. The van der Waals surface area contributed by atoms with Crippen molar-refractivity contribution in [2.45, 2.75) is 51.7 Å². The summed E-state index contributed by atoms with van der Waals surface area (Å²) in [6.45, 7) is 10.9. The fourth-order valence-corrected chi connectivity index (χ4v) is 3.58. The zero-order chi connectivity index (χ0) is 15.6. The molecule has 1 saturated heterocycles. The number of halogens is 2. The number of nitrogens with zero attached hydrogens (tertiary/aromatic N) is 1. The van der Waals surface area contributed by atoms with Crippen molar-refractivity contribution >= 4 is 24.8 Å². The molecule has 0 spiro atoms. The second-order valence-corrected chi connectivity index (χ2v) is 7.71. The van der Waals surface area contributed by atoms with Gasteiger partial charge < -0.3 is 10.1 Å². The quantitative estimate of drug-likeness (QED) is 0.841. The highest BCUT2D eigenvalue weighted by Crippen LogP contribution is 2.41. The third-order valence-corrected chi connectivity index (χ3v) is 4.79. The third kappa shape index (κ3) is 5.52. The minimum absolute atomic E-state index is 0. The van der Waals surface area contributed by atoms with Crippen LogP contribution in [0.3, 0.4) is 0 Å². The van der Waals surface area contributed by atoms with Crippen LogP contribution in [0.15, 0.2) is 24.3 Å². The summed E-state index contributed by atoms with van der Waals surface area (Å²) >= 11 is 0. The van der Waals surface area contributed by atoms with Crippen molar-refractivity contribution in [3.63, 3.8) is 0 Å². The van der Waals surface area contributed by atoms with E-state index in [1.165, 1.54) is 37.9 Å². The molecule has 5 heteroatoms. The van der Waals surface area contributed by atoms with E-state index in [9.17, 15) is 0 Å². The number of hydrogen-bond donors (Lipinski definition) is 1. The van der Waals surface area contributed by atoms with Gasteiger partial charge in [0.05, 0.1) is 0 Å². The molecule has 138 valence electrons. The molecule has 1 N–H and O–H groups in total. The number of rotatable bonds is 4. The first kappa shape index (κ1) is 21.6. The molecule has 0 amide bonds. The molecule has 24 heavy (non-hydrogen) atoms. The maximum absolute atomic E-state index is 5.96. The average molecular weight is 375 g/mol. The van der Waals surface area contributed by atoms with Gasteiger partial charge in [-0.3, -0.25) is 4.90 Å². The van der Waals surface area contributed by atoms with Crippen molar-refractivity contribution in [3.05, 3.63) is 29.8 Å². The topological polar surface area (TPSA) is 24.5 Å². The first-order valence-corrected chi connectivity index (χ1v) is 8.77. The van der Waals surface area contributed by atoms with E-state index in [0.29, 0.717) is 6.04 Å². The minimum atomic E-state index is -0.132. The lowest BCUT2D eigenvalue weighted by molar-refractivity contribution is 0.0835. The molecule has 0 aromatic heterocycles. The van der Waals surface area contributed by atoms with Crippen molar-refractivity contribution < 1.29 is 4.74 Å². The Labute approximate surface area is 159 Å². The highest BCUT2D eigenvalue weighted by Gasteiger charge is 2.33. The molecule has 0 unspecified atom stereocenters. The summed E-state index contributed by atoms with van der Waals surface area (Å²) in [6, 6.07) is 9.46. The van der Waals surface area contributed by atoms with Crippen LogP contribution in [0.25, 0.3) is 0 Å². The molecular formula is C19H32Cl2N2O. The van der Waals surface area contributed by atoms with Gasteiger partial charge in [0.1, 0.15) is 11.4 Å². The van der Waals surface area contributed by atoms with E-state index in [1.54, 1.807) is 0 Å². The monoisotopic (exact) mass is 374 g/mol. The Kier molecular flexibility index (Phi) is 8.34. The van der Waals surface area contributed by atoms with Crippen LogP contribution in [0.4, 0.5) is 0 Å². The van der Waals surface area contributed by atoms with Crippen LogP contribution in [-0.4, -0.2) is 36.7 Å². The Hall–Kier alpha value is -0.480. The van der Waals surface area contributed by atoms with Crippen LogP contribution in [0.1, 0.15) is 51.6 Å². The van der Waals surface area contributed by atoms with E-state index < -0.39 is 0 Å². The highest BCUT2D eigenvalue weighted by molar-refractivity contribution is 5.85. The van der Waals surface area contributed by atoms with Crippen molar-refractivity contribution in [2.24, 2.45) is 5.92 Å². The molecule has 3 nitrogen and oxygen atoms in total. The fourth-order valence-electron chi connectivity index (χ4n) is 3.58. The van der Waals surface area contributed by atoms with Crippen LogP contribution >= 0.6 is 24.8 Å². The molecule has 1 saturated carbocycles. The number of nitrogens with one attached hydrogen (secondary N) is 1. The van der Waals surface area contributed by atoms with Gasteiger partial charge in [0.2, 0.25) is 0 Å². The lowest BCUT2D eigenvalue weighted by atomic mass is 9.76. The maximum atomic E-state index is 5.96. The zero-order valence-electron chi connectivity index (χ0n) is 15.1. The Morgan fingerprint density at radius 1 is 1.04 bits per heavy atom. The first-order chi connectivity index (χ1) is 10.5. The average Bonchev–Trinajstić information content (AvgIpc) is 2.43. The SMILES string of the molecule is CC(C)(C)Oc1ccc([C@@H](C2CCC2)N2CCNCC2)cc1.Cl.Cl. The van der Waals surface area contributed by atoms with Crippen LogP contribution in [0.2, 0.25) is 0 Å². The van der Waals surface area contributed by atoms with Gasteiger partial charge in [-0.25, -0.2) is 0 Å². The van der Waals surface area contributed by atoms with E-state index in [1.807, 2.05) is 0 Å². The summed E-state index contributed by atoms with van der Waals surface area (Å²) in [6.07, 6.45) is 4.17. The lowest BCUT2D eigenvalue weighted by Crippen LogP contribution is -2.47. The van der Waals surface area contributed by atoms with E-state index >= 15 is 0 Å². The highest BCUT2D eigenvalue weighted by atomic mass is 35.5. The molecular weight excluding hydrogens is 343 g/mol. The molecule has 0 bridgehead atoms. The van der Waals surface area contributed by atoms with E-state index in [0.717, 1.165) is 24.8 Å². The Morgan fingerprint density at radius 3 is 2.08 bits per heavy atom. The van der Waals surface area contributed by atoms with Gasteiger partial charge in [0.15, 0.2) is 0 Å². The molecule has 1 aromatic carbocycles. The Morgan fingerprint density at radius 2 is 1.62 bits per heavy atom. The predicted octanol–water partition coefficient (Wildman–Crippen LogP) is 4.45. The van der Waals surface area contributed by atoms with Gasteiger partial charge in [-0.1, -0.05) is 18.6 Å². The predicted molar refractivity (Wildman–Crippen MR) is 106 cm³/mol. The smallest absolute Gasteiger partial charge is 0.120 e. The molecule has 3 rings (SSSR count). The largest absolute Gasteiger partial charge is 0.488 e. The molecule has 1 heterocycles. The van der Waals surface area contributed by atoms with Gasteiger partial charge >= 0.3 is 0 Å². The number of ether oxygens (including phenoxy) is 1. The van der Waals surface area contributed by atoms with E-state index in [-0.39, 0.29) is 30.4 Å². The van der Waals surface area contributed by atoms with E-state index in [4.69, 9.17) is 4.74 Å². The second-order valence-electron chi connectivity index (χ2n) is 7.71. The van der Waals surface area contributed by atoms with Gasteiger partial charge in [-0.2, -0.15) is 0 Å². The zero-order valence-corrected chi connectivity index (χ0v) is 16.7. The summed E-state index contributed by atoms with van der Waals surface area (Å²) in [5, 5.41) is 3.47. The summed E-state index contributed by atoms with van der Waals surface area (Å²) in [5.74, 6) is 1.82. The van der Waals surface area contributed by atoms with Crippen molar-refractivity contribution in [2.75, 3.05) is 26.2 Å². The normalized spacial score (nSPS) is 20.3. The minimum Gasteiger partial charge on any atom is -0.488 e. The molecule has 1 aliphatic carbocycles. The maximum Gasteiger partial charge on any atom is 0.120 e. The van der Waals surface area contributed by atoms with Gasteiger partial charge in [-0.05, 0) is 57.2 Å². The van der Waals surface area contributed by atoms with E-state index in [2.05, 4.69) is 55.3 Å². The Balaban J connectivity index is 0.00000144. The fraction of sp³-hybridized carbons (Fsp3) is 0.684. The number of hydrogen-bond acceptors (Lipinski definition) is 3. The van der Waals surface area contributed by atoms with Crippen molar-refractivity contribution in [1.29, 1.82) is 0 Å². The first-order valence-electron chi connectivity index (χ1n) is 8.77. The number of piperazine rings is 1. The molecule has 2 aliphatic rings. The third-order valence-electron chi connectivity index (χ3n) is 4.79. The van der Waals surface area contributed by atoms with Crippen molar-refractivity contribution in [3.8, 4) is 5.75 Å². The van der Waals surface area contributed by atoms with Crippen molar-refractivity contribution in [1.82, 2.24) is 10.2 Å². The van der Waals surface area contributed by atoms with Crippen LogP contribution in [0.5, 0.6) is 5.75 Å². The molecule has 1 atom stereocenters. The lowest BCUT2D eigenvalue weighted by Gasteiger charge is -2.43. The Bertz CT molecular complexity index is 477. The van der Waals surface area contributed by atoms with Crippen LogP contribution in [0, 0.1) is 5.92 Å².